The highest BCUT2D eigenvalue weighted by Gasteiger charge is 2.17. The third-order valence-electron chi connectivity index (χ3n) is 3.91. The third kappa shape index (κ3) is 7.04. The van der Waals surface area contributed by atoms with E-state index in [4.69, 9.17) is 9.47 Å². The van der Waals surface area contributed by atoms with Gasteiger partial charge in [0.25, 0.3) is 0 Å². The summed E-state index contributed by atoms with van der Waals surface area (Å²) in [5.41, 5.74) is 0.711. The Morgan fingerprint density at radius 2 is 1.48 bits per heavy atom. The number of anilines is 1. The Kier molecular flexibility index (Phi) is 7.90. The monoisotopic (exact) mass is 408 g/mol. The molecule has 0 unspecified atom stereocenters. The Bertz CT molecular complexity index is 833. The molecule has 0 aliphatic heterocycles. The predicted octanol–water partition coefficient (Wildman–Crippen LogP) is 2.60. The van der Waals surface area contributed by atoms with Crippen molar-refractivity contribution in [2.75, 3.05) is 39.7 Å². The van der Waals surface area contributed by atoms with Gasteiger partial charge >= 0.3 is 5.97 Å². The number of nitrogens with one attached hydrogen (secondary N) is 1. The van der Waals surface area contributed by atoms with E-state index in [1.54, 1.807) is 18.2 Å². The molecular formula is C20H22F2N2O5. The number of esters is 1. The Morgan fingerprint density at radius 1 is 0.897 bits per heavy atom. The molecule has 2 aromatic rings. The third-order valence-corrected chi connectivity index (χ3v) is 3.91. The van der Waals surface area contributed by atoms with Crippen molar-refractivity contribution in [3.63, 3.8) is 0 Å². The molecule has 0 saturated carbocycles. The van der Waals surface area contributed by atoms with E-state index in [9.17, 15) is 18.4 Å². The summed E-state index contributed by atoms with van der Waals surface area (Å²) in [5.74, 6) is -1.60. The molecule has 0 spiro atoms. The molecule has 0 aromatic heterocycles. The Hall–Kier alpha value is -3.20. The summed E-state index contributed by atoms with van der Waals surface area (Å²) in [4.78, 5) is 25.6. The predicted molar refractivity (Wildman–Crippen MR) is 102 cm³/mol. The maximum Gasteiger partial charge on any atom is 0.319 e. The van der Waals surface area contributed by atoms with E-state index in [0.717, 1.165) is 17.7 Å². The van der Waals surface area contributed by atoms with Crippen LogP contribution in [0.1, 0.15) is 5.56 Å². The van der Waals surface area contributed by atoms with Gasteiger partial charge in [0.1, 0.15) is 23.1 Å². The number of ether oxygens (including phenoxy) is 3. The first-order valence-electron chi connectivity index (χ1n) is 8.60. The lowest BCUT2D eigenvalue weighted by Crippen LogP contribution is -2.37. The van der Waals surface area contributed by atoms with Crippen LogP contribution < -0.4 is 14.8 Å². The molecule has 7 nitrogen and oxygen atoms in total. The van der Waals surface area contributed by atoms with Crippen molar-refractivity contribution in [1.82, 2.24) is 4.90 Å². The Balaban J connectivity index is 2.15. The SMILES string of the molecule is COC(=O)CN(CC(=O)Nc1cc(F)cc(F)c1)Cc1cc(OC)cc(OC)c1. The minimum atomic E-state index is -0.810. The van der Waals surface area contributed by atoms with E-state index < -0.39 is 23.5 Å². The molecule has 0 saturated heterocycles. The number of amides is 1. The lowest BCUT2D eigenvalue weighted by molar-refractivity contribution is -0.142. The molecule has 2 aromatic carbocycles. The number of methoxy groups -OCH3 is 3. The molecule has 0 radical (unpaired) electrons. The molecule has 29 heavy (non-hydrogen) atoms. The van der Waals surface area contributed by atoms with Gasteiger partial charge in [0.15, 0.2) is 0 Å². The lowest BCUT2D eigenvalue weighted by atomic mass is 10.2. The number of carbonyl (C=O) groups excluding carboxylic acids is 2. The number of hydrogen-bond acceptors (Lipinski definition) is 6. The van der Waals surface area contributed by atoms with Gasteiger partial charge in [0.05, 0.1) is 34.4 Å². The second kappa shape index (κ2) is 10.4. The van der Waals surface area contributed by atoms with E-state index in [2.05, 4.69) is 10.1 Å². The molecule has 156 valence electrons. The van der Waals surface area contributed by atoms with Crippen molar-refractivity contribution in [3.8, 4) is 11.5 Å². The summed E-state index contributed by atoms with van der Waals surface area (Å²) in [6, 6.07) is 7.88. The first-order valence-corrected chi connectivity index (χ1v) is 8.60. The average Bonchev–Trinajstić information content (AvgIpc) is 2.66. The highest BCUT2D eigenvalue weighted by Crippen LogP contribution is 2.23. The lowest BCUT2D eigenvalue weighted by Gasteiger charge is -2.21. The molecule has 0 fully saturated rings. The van der Waals surface area contributed by atoms with Gasteiger partial charge in [-0.25, -0.2) is 8.78 Å². The van der Waals surface area contributed by atoms with Crippen LogP contribution in [0.3, 0.4) is 0 Å². The van der Waals surface area contributed by atoms with Crippen molar-refractivity contribution in [2.45, 2.75) is 6.54 Å². The van der Waals surface area contributed by atoms with E-state index in [1.165, 1.54) is 26.2 Å². The highest BCUT2D eigenvalue weighted by molar-refractivity contribution is 5.92. The van der Waals surface area contributed by atoms with Crippen molar-refractivity contribution in [1.29, 1.82) is 0 Å². The fourth-order valence-corrected chi connectivity index (χ4v) is 2.66. The van der Waals surface area contributed by atoms with Gasteiger partial charge < -0.3 is 19.5 Å². The maximum atomic E-state index is 13.3. The average molecular weight is 408 g/mol. The molecule has 1 N–H and O–H groups in total. The second-order valence-electron chi connectivity index (χ2n) is 6.15. The minimum Gasteiger partial charge on any atom is -0.497 e. The van der Waals surface area contributed by atoms with Gasteiger partial charge in [-0.3, -0.25) is 14.5 Å². The van der Waals surface area contributed by atoms with Crippen LogP contribution in [-0.4, -0.2) is 51.2 Å². The Morgan fingerprint density at radius 3 is 2.00 bits per heavy atom. The van der Waals surface area contributed by atoms with Crippen LogP contribution >= 0.6 is 0 Å². The standard InChI is InChI=1S/C20H22F2N2O5/c1-27-17-4-13(5-18(9-17)28-2)10-24(12-20(26)29-3)11-19(25)23-16-7-14(21)6-15(22)8-16/h4-9H,10-12H2,1-3H3,(H,23,25). The topological polar surface area (TPSA) is 77.1 Å². The number of hydrogen-bond donors (Lipinski definition) is 1. The summed E-state index contributed by atoms with van der Waals surface area (Å²) in [7, 11) is 4.26. The molecule has 0 bridgehead atoms. The molecule has 0 atom stereocenters. The summed E-state index contributed by atoms with van der Waals surface area (Å²) in [6.07, 6.45) is 0. The van der Waals surface area contributed by atoms with E-state index >= 15 is 0 Å². The van der Waals surface area contributed by atoms with Crippen LogP contribution in [0.25, 0.3) is 0 Å². The molecule has 9 heteroatoms. The van der Waals surface area contributed by atoms with Crippen LogP contribution in [0, 0.1) is 11.6 Å². The normalized spacial score (nSPS) is 10.6. The van der Waals surface area contributed by atoms with E-state index in [1.807, 2.05) is 0 Å². The second-order valence-corrected chi connectivity index (χ2v) is 6.15. The minimum absolute atomic E-state index is 0.0198. The zero-order chi connectivity index (χ0) is 21.4. The van der Waals surface area contributed by atoms with Crippen molar-refractivity contribution >= 4 is 17.6 Å². The van der Waals surface area contributed by atoms with Crippen molar-refractivity contribution in [3.05, 3.63) is 53.6 Å². The van der Waals surface area contributed by atoms with Crippen molar-refractivity contribution in [2.24, 2.45) is 0 Å². The highest BCUT2D eigenvalue weighted by atomic mass is 19.1. The molecule has 0 aliphatic rings. The van der Waals surface area contributed by atoms with Gasteiger partial charge in [0, 0.05) is 24.4 Å². The van der Waals surface area contributed by atoms with Gasteiger partial charge in [-0.05, 0) is 29.8 Å². The van der Waals surface area contributed by atoms with Crippen molar-refractivity contribution < 1.29 is 32.6 Å². The summed E-state index contributed by atoms with van der Waals surface area (Å²) in [5, 5.41) is 2.41. The molecule has 0 aliphatic carbocycles. The van der Waals surface area contributed by atoms with Crippen LogP contribution in [0.15, 0.2) is 36.4 Å². The summed E-state index contributed by atoms with van der Waals surface area (Å²) < 4.78 is 41.7. The van der Waals surface area contributed by atoms with Crippen LogP contribution in [0.5, 0.6) is 11.5 Å². The first kappa shape index (κ1) is 22.1. The maximum absolute atomic E-state index is 13.3. The van der Waals surface area contributed by atoms with E-state index in [-0.39, 0.29) is 25.3 Å². The summed E-state index contributed by atoms with van der Waals surface area (Å²) >= 11 is 0. The zero-order valence-electron chi connectivity index (χ0n) is 16.3. The van der Waals surface area contributed by atoms with Gasteiger partial charge in [0.2, 0.25) is 5.91 Å². The number of rotatable bonds is 9. The van der Waals surface area contributed by atoms with Gasteiger partial charge in [-0.15, -0.1) is 0 Å². The van der Waals surface area contributed by atoms with E-state index in [0.29, 0.717) is 17.6 Å². The molecule has 0 heterocycles. The van der Waals surface area contributed by atoms with Crippen LogP contribution in [0.2, 0.25) is 0 Å². The smallest absolute Gasteiger partial charge is 0.319 e. The zero-order valence-corrected chi connectivity index (χ0v) is 16.3. The summed E-state index contributed by atoms with van der Waals surface area (Å²) in [6.45, 7) is -0.179. The fourth-order valence-electron chi connectivity index (χ4n) is 2.66. The fraction of sp³-hybridized carbons (Fsp3) is 0.300. The number of benzene rings is 2. The molecule has 1 amide bonds. The Labute approximate surface area is 167 Å². The van der Waals surface area contributed by atoms with Crippen LogP contribution in [-0.2, 0) is 20.9 Å². The largest absolute Gasteiger partial charge is 0.497 e. The van der Waals surface area contributed by atoms with Crippen LogP contribution in [0.4, 0.5) is 14.5 Å². The molecular weight excluding hydrogens is 386 g/mol. The van der Waals surface area contributed by atoms with Gasteiger partial charge in [-0.1, -0.05) is 0 Å². The quantitative estimate of drug-likeness (QED) is 0.643. The molecule has 2 rings (SSSR count). The van der Waals surface area contributed by atoms with Gasteiger partial charge in [-0.2, -0.15) is 0 Å². The number of carbonyl (C=O) groups is 2. The first-order chi connectivity index (χ1) is 13.8. The number of halogens is 2. The number of nitrogens with zero attached hydrogens (tertiary/aromatic N) is 1.